The zero-order valence-corrected chi connectivity index (χ0v) is 11.0. The molecule has 1 rings (SSSR count). The lowest BCUT2D eigenvalue weighted by atomic mass is 10.1. The van der Waals surface area contributed by atoms with Gasteiger partial charge in [0.2, 0.25) is 0 Å². The van der Waals surface area contributed by atoms with Crippen LogP contribution in [0.3, 0.4) is 0 Å². The predicted molar refractivity (Wildman–Crippen MR) is 68.2 cm³/mol. The van der Waals surface area contributed by atoms with Crippen LogP contribution < -0.4 is 4.74 Å². The maximum atomic E-state index is 10.4. The summed E-state index contributed by atoms with van der Waals surface area (Å²) in [4.78, 5) is 10.4. The third-order valence-electron chi connectivity index (χ3n) is 2.38. The van der Waals surface area contributed by atoms with Gasteiger partial charge in [-0.05, 0) is 37.0 Å². The number of carbonyl (C=O) groups is 1. The summed E-state index contributed by atoms with van der Waals surface area (Å²) in [7, 11) is 1.53. The second kappa shape index (κ2) is 6.72. The van der Waals surface area contributed by atoms with E-state index in [9.17, 15) is 4.79 Å². The Bertz CT molecular complexity index is 405. The molecule has 0 radical (unpaired) electrons. The van der Waals surface area contributed by atoms with E-state index in [-0.39, 0.29) is 6.42 Å². The van der Waals surface area contributed by atoms with E-state index in [0.29, 0.717) is 22.2 Å². The minimum atomic E-state index is -0.767. The largest absolute Gasteiger partial charge is 0.495 e. The first-order valence-electron chi connectivity index (χ1n) is 5.28. The number of carboxylic acids is 1. The predicted octanol–water partition coefficient (Wildman–Crippen LogP) is 3.80. The summed E-state index contributed by atoms with van der Waals surface area (Å²) in [5, 5.41) is 9.38. The number of carboxylic acid groups (broad SMARTS) is 1. The van der Waals surface area contributed by atoms with E-state index in [2.05, 4.69) is 0 Å². The molecule has 0 aromatic heterocycles. The Kier molecular flexibility index (Phi) is 5.59. The smallest absolute Gasteiger partial charge is 0.303 e. The van der Waals surface area contributed by atoms with E-state index in [1.54, 1.807) is 6.07 Å². The maximum absolute atomic E-state index is 10.4. The van der Waals surface area contributed by atoms with Crippen LogP contribution in [0.5, 0.6) is 5.75 Å². The highest BCUT2D eigenvalue weighted by molar-refractivity contribution is 6.43. The molecule has 0 atom stereocenters. The topological polar surface area (TPSA) is 46.5 Å². The van der Waals surface area contributed by atoms with Gasteiger partial charge < -0.3 is 9.84 Å². The number of halogens is 2. The SMILES string of the molecule is COc1cc(CCCCC(=O)O)cc(Cl)c1Cl. The van der Waals surface area contributed by atoms with E-state index in [4.69, 9.17) is 33.0 Å². The third-order valence-corrected chi connectivity index (χ3v) is 3.17. The van der Waals surface area contributed by atoms with E-state index in [1.165, 1.54) is 7.11 Å². The third kappa shape index (κ3) is 4.44. The molecule has 0 aliphatic heterocycles. The molecule has 0 saturated carbocycles. The van der Waals surface area contributed by atoms with Crippen LogP contribution in [0.15, 0.2) is 12.1 Å². The van der Waals surface area contributed by atoms with Gasteiger partial charge in [-0.15, -0.1) is 0 Å². The van der Waals surface area contributed by atoms with Gasteiger partial charge in [0, 0.05) is 6.42 Å². The zero-order valence-electron chi connectivity index (χ0n) is 9.50. The molecule has 0 heterocycles. The molecule has 0 fully saturated rings. The molecular weight excluding hydrogens is 263 g/mol. The van der Waals surface area contributed by atoms with Gasteiger partial charge in [0.25, 0.3) is 0 Å². The van der Waals surface area contributed by atoms with Crippen LogP contribution in [-0.2, 0) is 11.2 Å². The highest BCUT2D eigenvalue weighted by Gasteiger charge is 2.08. The Labute approximate surface area is 110 Å². The van der Waals surface area contributed by atoms with Gasteiger partial charge in [-0.1, -0.05) is 23.2 Å². The standard InChI is InChI=1S/C12H14Cl2O3/c1-17-10-7-8(6-9(13)12(10)14)4-2-3-5-11(15)16/h6-7H,2-5H2,1H3,(H,15,16). The van der Waals surface area contributed by atoms with Gasteiger partial charge in [-0.3, -0.25) is 4.79 Å². The molecule has 0 saturated heterocycles. The maximum Gasteiger partial charge on any atom is 0.303 e. The first-order valence-corrected chi connectivity index (χ1v) is 6.04. The fourth-order valence-electron chi connectivity index (χ4n) is 1.52. The fraction of sp³-hybridized carbons (Fsp3) is 0.417. The van der Waals surface area contributed by atoms with Crippen LogP contribution in [0.4, 0.5) is 0 Å². The summed E-state index contributed by atoms with van der Waals surface area (Å²) >= 11 is 11.9. The number of benzene rings is 1. The van der Waals surface area contributed by atoms with E-state index < -0.39 is 5.97 Å². The molecule has 0 bridgehead atoms. The number of aliphatic carboxylic acids is 1. The quantitative estimate of drug-likeness (QED) is 0.804. The highest BCUT2D eigenvalue weighted by atomic mass is 35.5. The van der Waals surface area contributed by atoms with Crippen LogP contribution in [0.25, 0.3) is 0 Å². The molecular formula is C12H14Cl2O3. The summed E-state index contributed by atoms with van der Waals surface area (Å²) in [5.74, 6) is -0.218. The first kappa shape index (κ1) is 14.1. The lowest BCUT2D eigenvalue weighted by Gasteiger charge is -2.08. The Hall–Kier alpha value is -0.930. The highest BCUT2D eigenvalue weighted by Crippen LogP contribution is 2.33. The van der Waals surface area contributed by atoms with Crippen LogP contribution in [-0.4, -0.2) is 18.2 Å². The molecule has 1 N–H and O–H groups in total. The van der Waals surface area contributed by atoms with E-state index in [0.717, 1.165) is 18.4 Å². The van der Waals surface area contributed by atoms with Gasteiger partial charge in [-0.25, -0.2) is 0 Å². The molecule has 5 heteroatoms. The zero-order chi connectivity index (χ0) is 12.8. The second-order valence-corrected chi connectivity index (χ2v) is 4.48. The van der Waals surface area contributed by atoms with Crippen LogP contribution in [0, 0.1) is 0 Å². The minimum Gasteiger partial charge on any atom is -0.495 e. The Morgan fingerprint density at radius 3 is 2.65 bits per heavy atom. The van der Waals surface area contributed by atoms with Crippen LogP contribution in [0.1, 0.15) is 24.8 Å². The van der Waals surface area contributed by atoms with Crippen LogP contribution >= 0.6 is 23.2 Å². The minimum absolute atomic E-state index is 0.193. The molecule has 0 spiro atoms. The van der Waals surface area contributed by atoms with Crippen molar-refractivity contribution in [3.8, 4) is 5.75 Å². The fourth-order valence-corrected chi connectivity index (χ4v) is 1.93. The molecule has 1 aromatic rings. The van der Waals surface area contributed by atoms with Crippen molar-refractivity contribution in [2.45, 2.75) is 25.7 Å². The summed E-state index contributed by atoms with van der Waals surface area (Å²) in [5.41, 5.74) is 1.00. The lowest BCUT2D eigenvalue weighted by molar-refractivity contribution is -0.137. The van der Waals surface area contributed by atoms with Crippen molar-refractivity contribution in [1.82, 2.24) is 0 Å². The van der Waals surface area contributed by atoms with E-state index >= 15 is 0 Å². The van der Waals surface area contributed by atoms with Gasteiger partial charge >= 0.3 is 5.97 Å². The number of rotatable bonds is 6. The molecule has 17 heavy (non-hydrogen) atoms. The van der Waals surface area contributed by atoms with Gasteiger partial charge in [0.05, 0.1) is 12.1 Å². The van der Waals surface area contributed by atoms with Gasteiger partial charge in [0.15, 0.2) is 0 Å². The Morgan fingerprint density at radius 1 is 1.35 bits per heavy atom. The monoisotopic (exact) mass is 276 g/mol. The molecule has 0 aliphatic rings. The normalized spacial score (nSPS) is 10.3. The van der Waals surface area contributed by atoms with E-state index in [1.807, 2.05) is 6.07 Å². The van der Waals surface area contributed by atoms with Crippen molar-refractivity contribution in [2.24, 2.45) is 0 Å². The number of aryl methyl sites for hydroxylation is 1. The van der Waals surface area contributed by atoms with Crippen molar-refractivity contribution in [3.05, 3.63) is 27.7 Å². The molecule has 0 unspecified atom stereocenters. The average molecular weight is 277 g/mol. The van der Waals surface area contributed by atoms with Crippen molar-refractivity contribution in [1.29, 1.82) is 0 Å². The molecule has 0 aliphatic carbocycles. The molecule has 3 nitrogen and oxygen atoms in total. The number of methoxy groups -OCH3 is 1. The summed E-state index contributed by atoms with van der Waals surface area (Å²) in [6.45, 7) is 0. The van der Waals surface area contributed by atoms with Crippen molar-refractivity contribution < 1.29 is 14.6 Å². The Balaban J connectivity index is 2.59. The first-order chi connectivity index (χ1) is 8.04. The van der Waals surface area contributed by atoms with Crippen molar-refractivity contribution >= 4 is 29.2 Å². The Morgan fingerprint density at radius 2 is 2.06 bits per heavy atom. The molecule has 1 aromatic carbocycles. The van der Waals surface area contributed by atoms with Gasteiger partial charge in [-0.2, -0.15) is 0 Å². The van der Waals surface area contributed by atoms with Crippen molar-refractivity contribution in [2.75, 3.05) is 7.11 Å². The number of hydrogen-bond acceptors (Lipinski definition) is 2. The lowest BCUT2D eigenvalue weighted by Crippen LogP contribution is -1.95. The summed E-state index contributed by atoms with van der Waals surface area (Å²) in [6, 6.07) is 3.61. The number of ether oxygens (including phenoxy) is 1. The van der Waals surface area contributed by atoms with Crippen molar-refractivity contribution in [3.63, 3.8) is 0 Å². The second-order valence-electron chi connectivity index (χ2n) is 3.69. The average Bonchev–Trinajstić information content (AvgIpc) is 2.28. The summed E-state index contributed by atoms with van der Waals surface area (Å²) < 4.78 is 5.10. The number of unbranched alkanes of at least 4 members (excludes halogenated alkanes) is 1. The molecule has 94 valence electrons. The summed E-state index contributed by atoms with van der Waals surface area (Å²) in [6.07, 6.45) is 2.41. The van der Waals surface area contributed by atoms with Gasteiger partial charge in [0.1, 0.15) is 10.8 Å². The van der Waals surface area contributed by atoms with Crippen LogP contribution in [0.2, 0.25) is 10.0 Å². The number of hydrogen-bond donors (Lipinski definition) is 1. The molecule has 0 amide bonds.